The summed E-state index contributed by atoms with van der Waals surface area (Å²) in [7, 11) is 1.55. The molecule has 0 rings (SSSR count). The van der Waals surface area contributed by atoms with Crippen LogP contribution in [0.4, 0.5) is 4.79 Å². The Morgan fingerprint density at radius 2 is 1.92 bits per heavy atom. The second kappa shape index (κ2) is 8.19. The van der Waals surface area contributed by atoms with E-state index in [4.69, 9.17) is 4.18 Å². The van der Waals surface area contributed by atoms with E-state index in [2.05, 4.69) is 19.2 Å². The molecule has 0 spiro atoms. The van der Waals surface area contributed by atoms with Crippen molar-refractivity contribution in [2.75, 3.05) is 20.1 Å². The molecule has 0 bridgehead atoms. The van der Waals surface area contributed by atoms with Crippen LogP contribution in [0.5, 0.6) is 0 Å². The number of rotatable bonds is 6. The fraction of sp³-hybridized carbons (Fsp3) is 0.875. The van der Waals surface area contributed by atoms with Gasteiger partial charge < -0.3 is 9.50 Å². The highest BCUT2D eigenvalue weighted by Gasteiger charge is 2.07. The molecule has 0 aliphatic carbocycles. The molecule has 5 heteroatoms. The third-order valence-corrected chi connectivity index (χ3v) is 2.17. The Morgan fingerprint density at radius 3 is 2.31 bits per heavy atom. The third kappa shape index (κ3) is 6.72. The van der Waals surface area contributed by atoms with E-state index in [9.17, 15) is 4.79 Å². The molecule has 0 saturated heterocycles. The van der Waals surface area contributed by atoms with E-state index in [1.807, 2.05) is 4.31 Å². The van der Waals surface area contributed by atoms with Crippen LogP contribution in [0.25, 0.3) is 0 Å². The number of nitrogens with one attached hydrogen (secondary N) is 1. The van der Waals surface area contributed by atoms with Gasteiger partial charge in [-0.15, -0.1) is 0 Å². The van der Waals surface area contributed by atoms with Gasteiger partial charge in [-0.3, -0.25) is 0 Å². The predicted molar refractivity (Wildman–Crippen MR) is 55.3 cm³/mol. The highest BCUT2D eigenvalue weighted by atomic mass is 32.2. The van der Waals surface area contributed by atoms with Crippen LogP contribution >= 0.6 is 12.2 Å². The van der Waals surface area contributed by atoms with Crippen molar-refractivity contribution >= 4 is 18.3 Å². The van der Waals surface area contributed by atoms with Crippen LogP contribution in [0.2, 0.25) is 0 Å². The molecule has 1 N–H and O–H groups in total. The molecule has 0 radical (unpaired) electrons. The van der Waals surface area contributed by atoms with Crippen molar-refractivity contribution < 1.29 is 8.98 Å². The molecule has 0 aromatic carbocycles. The third-order valence-electron chi connectivity index (χ3n) is 1.37. The van der Waals surface area contributed by atoms with E-state index < -0.39 is 6.09 Å². The predicted octanol–water partition coefficient (Wildman–Crippen LogP) is 2.03. The van der Waals surface area contributed by atoms with Gasteiger partial charge in [0.2, 0.25) is 0 Å². The largest absolute Gasteiger partial charge is 0.420 e. The topological polar surface area (TPSA) is 41.6 Å². The summed E-state index contributed by atoms with van der Waals surface area (Å²) in [6.07, 6.45) is 1.72. The summed E-state index contributed by atoms with van der Waals surface area (Å²) in [5.74, 6) is 0. The Bertz CT molecular complexity index is 138. The zero-order chi connectivity index (χ0) is 10.1. The molecule has 0 unspecified atom stereocenters. The van der Waals surface area contributed by atoms with E-state index in [-0.39, 0.29) is 0 Å². The van der Waals surface area contributed by atoms with Crippen molar-refractivity contribution in [2.45, 2.75) is 26.7 Å². The lowest BCUT2D eigenvalue weighted by Gasteiger charge is -2.17. The van der Waals surface area contributed by atoms with E-state index in [0.29, 0.717) is 0 Å². The van der Waals surface area contributed by atoms with Gasteiger partial charge in [-0.05, 0) is 12.8 Å². The van der Waals surface area contributed by atoms with Crippen LogP contribution in [0.1, 0.15) is 26.7 Å². The van der Waals surface area contributed by atoms with E-state index in [0.717, 1.165) is 38.2 Å². The molecule has 0 aliphatic heterocycles. The van der Waals surface area contributed by atoms with Crippen molar-refractivity contribution in [3.05, 3.63) is 0 Å². The number of carbonyl (C=O) groups excluding carboxylic acids is 1. The molecule has 0 heterocycles. The van der Waals surface area contributed by atoms with Gasteiger partial charge in [0, 0.05) is 20.1 Å². The number of nitrogens with zero attached hydrogens (tertiary/aromatic N) is 1. The summed E-state index contributed by atoms with van der Waals surface area (Å²) in [5, 5.41) is 2.40. The van der Waals surface area contributed by atoms with Crippen LogP contribution in [-0.4, -0.2) is 30.5 Å². The van der Waals surface area contributed by atoms with Gasteiger partial charge in [-0.25, -0.2) is 9.10 Å². The quantitative estimate of drug-likeness (QED) is 0.533. The molecule has 0 aromatic heterocycles. The molecular weight excluding hydrogens is 188 g/mol. The van der Waals surface area contributed by atoms with E-state index in [1.54, 1.807) is 7.05 Å². The fourth-order valence-electron chi connectivity index (χ4n) is 0.813. The second-order valence-electron chi connectivity index (χ2n) is 2.62. The summed E-state index contributed by atoms with van der Waals surface area (Å²) < 4.78 is 6.89. The number of hydrogen-bond acceptors (Lipinski definition) is 4. The maximum Gasteiger partial charge on any atom is 0.420 e. The number of hydrogen-bond donors (Lipinski definition) is 1. The van der Waals surface area contributed by atoms with Gasteiger partial charge in [0.15, 0.2) is 12.2 Å². The van der Waals surface area contributed by atoms with Gasteiger partial charge in [-0.1, -0.05) is 13.8 Å². The zero-order valence-corrected chi connectivity index (χ0v) is 9.32. The average molecular weight is 206 g/mol. The molecule has 78 valence electrons. The van der Waals surface area contributed by atoms with Gasteiger partial charge in [0.1, 0.15) is 0 Å². The minimum Gasteiger partial charge on any atom is -0.358 e. The lowest BCUT2D eigenvalue weighted by molar-refractivity contribution is 0.208. The fourth-order valence-corrected chi connectivity index (χ4v) is 1.58. The summed E-state index contributed by atoms with van der Waals surface area (Å²) in [6.45, 7) is 6.08. The SMILES string of the molecule is CCCN(CCC)SOC(=O)NC. The Labute approximate surface area is 84.3 Å². The normalized spacial score (nSPS) is 10.2. The van der Waals surface area contributed by atoms with Gasteiger partial charge in [0.25, 0.3) is 0 Å². The van der Waals surface area contributed by atoms with Crippen molar-refractivity contribution in [2.24, 2.45) is 0 Å². The molecule has 13 heavy (non-hydrogen) atoms. The van der Waals surface area contributed by atoms with Crippen molar-refractivity contribution in [1.29, 1.82) is 0 Å². The van der Waals surface area contributed by atoms with Crippen molar-refractivity contribution in [3.8, 4) is 0 Å². The monoisotopic (exact) mass is 206 g/mol. The van der Waals surface area contributed by atoms with E-state index in [1.165, 1.54) is 0 Å². The first-order chi connectivity index (χ1) is 6.24. The van der Waals surface area contributed by atoms with Crippen LogP contribution < -0.4 is 5.32 Å². The second-order valence-corrected chi connectivity index (χ2v) is 3.46. The van der Waals surface area contributed by atoms with Gasteiger partial charge in [-0.2, -0.15) is 0 Å². The molecule has 1 amide bonds. The number of carbonyl (C=O) groups is 1. The maximum atomic E-state index is 10.7. The Balaban J connectivity index is 3.61. The number of amides is 1. The van der Waals surface area contributed by atoms with Crippen LogP contribution in [0.15, 0.2) is 0 Å². The smallest absolute Gasteiger partial charge is 0.358 e. The van der Waals surface area contributed by atoms with Crippen LogP contribution in [-0.2, 0) is 4.18 Å². The maximum absolute atomic E-state index is 10.7. The van der Waals surface area contributed by atoms with Crippen LogP contribution in [0.3, 0.4) is 0 Å². The molecule has 0 aromatic rings. The molecular formula is C8H18N2O2S. The average Bonchev–Trinajstić information content (AvgIpc) is 2.14. The Hall–Kier alpha value is -0.420. The molecule has 0 fully saturated rings. The lowest BCUT2D eigenvalue weighted by Crippen LogP contribution is -2.22. The minimum absolute atomic E-state index is 0.401. The first-order valence-electron chi connectivity index (χ1n) is 4.55. The van der Waals surface area contributed by atoms with Crippen molar-refractivity contribution in [3.63, 3.8) is 0 Å². The molecule has 0 aliphatic rings. The first kappa shape index (κ1) is 12.6. The zero-order valence-electron chi connectivity index (χ0n) is 8.50. The molecule has 4 nitrogen and oxygen atoms in total. The van der Waals surface area contributed by atoms with E-state index >= 15 is 0 Å². The molecule has 0 atom stereocenters. The summed E-state index contributed by atoms with van der Waals surface area (Å²) in [5.41, 5.74) is 0. The summed E-state index contributed by atoms with van der Waals surface area (Å²) in [4.78, 5) is 10.7. The first-order valence-corrected chi connectivity index (χ1v) is 5.25. The van der Waals surface area contributed by atoms with Gasteiger partial charge in [0.05, 0.1) is 0 Å². The summed E-state index contributed by atoms with van der Waals surface area (Å²) >= 11 is 1.12. The standard InChI is InChI=1S/C8H18N2O2S/c1-4-6-10(7-5-2)13-12-8(11)9-3/h4-7H2,1-3H3,(H,9,11). The summed E-state index contributed by atoms with van der Waals surface area (Å²) in [6, 6.07) is 0. The van der Waals surface area contributed by atoms with Crippen LogP contribution in [0, 0.1) is 0 Å². The van der Waals surface area contributed by atoms with Gasteiger partial charge >= 0.3 is 6.09 Å². The highest BCUT2D eigenvalue weighted by Crippen LogP contribution is 2.12. The van der Waals surface area contributed by atoms with Crippen molar-refractivity contribution in [1.82, 2.24) is 9.62 Å². The molecule has 0 saturated carbocycles. The highest BCUT2D eigenvalue weighted by molar-refractivity contribution is 7.92. The Morgan fingerprint density at radius 1 is 1.38 bits per heavy atom. The Kier molecular flexibility index (Phi) is 7.93. The lowest BCUT2D eigenvalue weighted by atomic mass is 10.4. The minimum atomic E-state index is -0.401.